The first-order chi connectivity index (χ1) is 11.5. The van der Waals surface area contributed by atoms with E-state index in [0.717, 1.165) is 22.8 Å². The van der Waals surface area contributed by atoms with Crippen LogP contribution < -0.4 is 10.6 Å². The van der Waals surface area contributed by atoms with Gasteiger partial charge in [0.05, 0.1) is 24.0 Å². The highest BCUT2D eigenvalue weighted by Crippen LogP contribution is 2.26. The van der Waals surface area contributed by atoms with Gasteiger partial charge in [0, 0.05) is 16.1 Å². The summed E-state index contributed by atoms with van der Waals surface area (Å²) >= 11 is 13.2. The lowest BCUT2D eigenvalue weighted by molar-refractivity contribution is -0.115. The zero-order valence-corrected chi connectivity index (χ0v) is 15.0. The van der Waals surface area contributed by atoms with Crippen LogP contribution in [0.1, 0.15) is 18.5 Å². The van der Waals surface area contributed by atoms with E-state index in [2.05, 4.69) is 19.4 Å². The summed E-state index contributed by atoms with van der Waals surface area (Å²) in [6.07, 6.45) is 0. The van der Waals surface area contributed by atoms with Crippen molar-refractivity contribution in [2.45, 2.75) is 13.0 Å². The Kier molecular flexibility index (Phi) is 5.30. The normalized spacial score (nSPS) is 12.3. The van der Waals surface area contributed by atoms with E-state index >= 15 is 0 Å². The Morgan fingerprint density at radius 2 is 2.08 bits per heavy atom. The van der Waals surface area contributed by atoms with Crippen LogP contribution in [0.15, 0.2) is 36.4 Å². The quantitative estimate of drug-likeness (QED) is 0.692. The van der Waals surface area contributed by atoms with Crippen LogP contribution in [0.3, 0.4) is 0 Å². The highest BCUT2D eigenvalue weighted by atomic mass is 35.5. The third-order valence-corrected chi connectivity index (χ3v) is 4.66. The van der Waals surface area contributed by atoms with Gasteiger partial charge in [0.25, 0.3) is 0 Å². The van der Waals surface area contributed by atoms with E-state index in [-0.39, 0.29) is 18.5 Å². The number of hydrogen-bond donors (Lipinski definition) is 2. The monoisotopic (exact) mass is 380 g/mol. The van der Waals surface area contributed by atoms with Crippen LogP contribution in [0.2, 0.25) is 10.0 Å². The van der Waals surface area contributed by atoms with Crippen molar-refractivity contribution in [2.75, 3.05) is 11.9 Å². The fraction of sp³-hybridized carbons (Fsp3) is 0.188. The Bertz CT molecular complexity index is 883. The second kappa shape index (κ2) is 7.44. The van der Waals surface area contributed by atoms with E-state index in [9.17, 15) is 4.79 Å². The minimum Gasteiger partial charge on any atom is -0.323 e. The van der Waals surface area contributed by atoms with Crippen LogP contribution in [-0.2, 0) is 4.79 Å². The lowest BCUT2D eigenvalue weighted by Gasteiger charge is -2.16. The van der Waals surface area contributed by atoms with Crippen molar-refractivity contribution in [2.24, 2.45) is 0 Å². The fourth-order valence-electron chi connectivity index (χ4n) is 2.31. The maximum Gasteiger partial charge on any atom is 0.238 e. The van der Waals surface area contributed by atoms with Gasteiger partial charge in [-0.05, 0) is 36.8 Å². The molecule has 0 aliphatic heterocycles. The molecular weight excluding hydrogens is 367 g/mol. The molecule has 0 unspecified atom stereocenters. The number of nitrogens with one attached hydrogen (secondary N) is 2. The van der Waals surface area contributed by atoms with Crippen molar-refractivity contribution in [3.05, 3.63) is 52.0 Å². The lowest BCUT2D eigenvalue weighted by atomic mass is 10.1. The molecule has 0 spiro atoms. The number of hydrogen-bond acceptors (Lipinski definition) is 5. The molecule has 1 amide bonds. The molecule has 24 heavy (non-hydrogen) atoms. The molecule has 1 heterocycles. The molecule has 0 aliphatic rings. The second-order valence-electron chi connectivity index (χ2n) is 5.25. The molecule has 0 bridgehead atoms. The van der Waals surface area contributed by atoms with Gasteiger partial charge in [-0.25, -0.2) is 0 Å². The average Bonchev–Trinajstić information content (AvgIpc) is 3.02. The number of carbonyl (C=O) groups excluding carboxylic acids is 1. The molecule has 124 valence electrons. The minimum atomic E-state index is -0.160. The Morgan fingerprint density at radius 3 is 2.88 bits per heavy atom. The van der Waals surface area contributed by atoms with Crippen LogP contribution >= 0.6 is 34.9 Å². The maximum atomic E-state index is 12.2. The van der Waals surface area contributed by atoms with Crippen molar-refractivity contribution >= 4 is 57.6 Å². The van der Waals surface area contributed by atoms with Gasteiger partial charge in [0.15, 0.2) is 0 Å². The predicted molar refractivity (Wildman–Crippen MR) is 98.9 cm³/mol. The molecule has 0 aliphatic carbocycles. The van der Waals surface area contributed by atoms with Crippen LogP contribution in [0.4, 0.5) is 5.69 Å². The summed E-state index contributed by atoms with van der Waals surface area (Å²) < 4.78 is 8.36. The zero-order valence-electron chi connectivity index (χ0n) is 12.7. The SMILES string of the molecule is C[C@@H](NCC(=O)Nc1cccc2nsnc12)c1ccc(Cl)cc1Cl. The van der Waals surface area contributed by atoms with Gasteiger partial charge in [-0.15, -0.1) is 0 Å². The summed E-state index contributed by atoms with van der Waals surface area (Å²) in [4.78, 5) is 12.2. The van der Waals surface area contributed by atoms with E-state index in [4.69, 9.17) is 23.2 Å². The van der Waals surface area contributed by atoms with Crippen molar-refractivity contribution < 1.29 is 4.79 Å². The van der Waals surface area contributed by atoms with Gasteiger partial charge in [0.1, 0.15) is 11.0 Å². The molecule has 1 aromatic heterocycles. The molecule has 0 saturated carbocycles. The van der Waals surface area contributed by atoms with Gasteiger partial charge in [-0.1, -0.05) is 35.3 Å². The number of rotatable bonds is 5. The number of amides is 1. The van der Waals surface area contributed by atoms with Crippen LogP contribution in [0.25, 0.3) is 11.0 Å². The highest BCUT2D eigenvalue weighted by Gasteiger charge is 2.13. The molecule has 0 fully saturated rings. The van der Waals surface area contributed by atoms with Crippen molar-refractivity contribution in [1.29, 1.82) is 0 Å². The second-order valence-corrected chi connectivity index (χ2v) is 6.63. The summed E-state index contributed by atoms with van der Waals surface area (Å²) in [5, 5.41) is 7.15. The van der Waals surface area contributed by atoms with E-state index in [0.29, 0.717) is 21.2 Å². The highest BCUT2D eigenvalue weighted by molar-refractivity contribution is 7.00. The summed E-state index contributed by atoms with van der Waals surface area (Å²) in [6, 6.07) is 10.7. The van der Waals surface area contributed by atoms with Gasteiger partial charge in [0.2, 0.25) is 5.91 Å². The standard InChI is InChI=1S/C16H14Cl2N4OS/c1-9(11-6-5-10(17)7-12(11)18)19-8-15(23)20-13-3-2-4-14-16(13)22-24-21-14/h2-7,9,19H,8H2,1H3,(H,20,23)/t9-/m1/s1. The molecule has 5 nitrogen and oxygen atoms in total. The summed E-state index contributed by atoms with van der Waals surface area (Å²) in [6.45, 7) is 2.08. The molecular formula is C16H14Cl2N4OS. The average molecular weight is 381 g/mol. The van der Waals surface area contributed by atoms with E-state index < -0.39 is 0 Å². The Balaban J connectivity index is 1.62. The number of benzene rings is 2. The van der Waals surface area contributed by atoms with Crippen LogP contribution in [0.5, 0.6) is 0 Å². The molecule has 1 atom stereocenters. The Morgan fingerprint density at radius 1 is 1.25 bits per heavy atom. The van der Waals surface area contributed by atoms with E-state index in [1.807, 2.05) is 25.1 Å². The number of carbonyl (C=O) groups is 1. The Hall–Kier alpha value is -1.73. The molecule has 0 saturated heterocycles. The first-order valence-electron chi connectivity index (χ1n) is 7.24. The third kappa shape index (κ3) is 3.84. The van der Waals surface area contributed by atoms with Crippen LogP contribution in [-0.4, -0.2) is 21.2 Å². The first kappa shape index (κ1) is 17.1. The van der Waals surface area contributed by atoms with Crippen LogP contribution in [0, 0.1) is 0 Å². The number of nitrogens with zero attached hydrogens (tertiary/aromatic N) is 2. The summed E-state index contributed by atoms with van der Waals surface area (Å²) in [5.41, 5.74) is 3.02. The number of aromatic nitrogens is 2. The first-order valence-corrected chi connectivity index (χ1v) is 8.72. The van der Waals surface area contributed by atoms with Crippen molar-refractivity contribution in [3.8, 4) is 0 Å². The van der Waals surface area contributed by atoms with Gasteiger partial charge in [-0.3, -0.25) is 4.79 Å². The number of anilines is 1. The van der Waals surface area contributed by atoms with Gasteiger partial charge in [-0.2, -0.15) is 8.75 Å². The van der Waals surface area contributed by atoms with Crippen molar-refractivity contribution in [1.82, 2.24) is 14.1 Å². The molecule has 3 aromatic rings. The topological polar surface area (TPSA) is 66.9 Å². The van der Waals surface area contributed by atoms with Gasteiger partial charge >= 0.3 is 0 Å². The number of halogens is 2. The third-order valence-electron chi connectivity index (χ3n) is 3.56. The predicted octanol–water partition coefficient (Wildman–Crippen LogP) is 4.29. The largest absolute Gasteiger partial charge is 0.323 e. The van der Waals surface area contributed by atoms with Gasteiger partial charge < -0.3 is 10.6 Å². The Labute approximate surface area is 153 Å². The zero-order chi connectivity index (χ0) is 17.1. The lowest BCUT2D eigenvalue weighted by Crippen LogP contribution is -2.30. The molecule has 0 radical (unpaired) electrons. The van der Waals surface area contributed by atoms with E-state index in [1.54, 1.807) is 18.2 Å². The number of fused-ring (bicyclic) bond motifs is 1. The molecule has 2 aromatic carbocycles. The van der Waals surface area contributed by atoms with E-state index in [1.165, 1.54) is 0 Å². The molecule has 2 N–H and O–H groups in total. The smallest absolute Gasteiger partial charge is 0.238 e. The fourth-order valence-corrected chi connectivity index (χ4v) is 3.43. The molecule has 3 rings (SSSR count). The summed E-state index contributed by atoms with van der Waals surface area (Å²) in [7, 11) is 0. The maximum absolute atomic E-state index is 12.2. The van der Waals surface area contributed by atoms with Crippen molar-refractivity contribution in [3.63, 3.8) is 0 Å². The molecule has 8 heteroatoms. The summed E-state index contributed by atoms with van der Waals surface area (Å²) in [5.74, 6) is -0.160. The minimum absolute atomic E-state index is 0.0859.